The van der Waals surface area contributed by atoms with Gasteiger partial charge in [0.25, 0.3) is 0 Å². The molecule has 79 valence electrons. The highest BCUT2D eigenvalue weighted by Crippen LogP contribution is 2.07. The molecule has 0 amide bonds. The van der Waals surface area contributed by atoms with Crippen molar-refractivity contribution >= 4 is 49.2 Å². The summed E-state index contributed by atoms with van der Waals surface area (Å²) in [6.07, 6.45) is 10.9. The second-order valence-corrected chi connectivity index (χ2v) is 16.6. The van der Waals surface area contributed by atoms with Gasteiger partial charge in [-0.1, -0.05) is 65.2 Å². The summed E-state index contributed by atoms with van der Waals surface area (Å²) in [7, 11) is 0.357. The van der Waals surface area contributed by atoms with Crippen LogP contribution in [0.3, 0.4) is 0 Å². The fourth-order valence-electron chi connectivity index (χ4n) is 1.13. The van der Waals surface area contributed by atoms with Crippen LogP contribution in [-0.4, -0.2) is 8.65 Å². The Balaban J connectivity index is 0. The molecule has 3 heteroatoms. The summed E-state index contributed by atoms with van der Waals surface area (Å²) in [5.74, 6) is 0. The van der Waals surface area contributed by atoms with E-state index in [1.807, 2.05) is 0 Å². The highest BCUT2D eigenvalue weighted by molar-refractivity contribution is 14.3. The van der Waals surface area contributed by atoms with E-state index in [1.165, 1.54) is 44.9 Å². The van der Waals surface area contributed by atoms with E-state index in [0.717, 1.165) is 6.42 Å². The zero-order valence-electron chi connectivity index (χ0n) is 8.83. The third-order valence-corrected chi connectivity index (χ3v) is 1.85. The zero-order valence-corrected chi connectivity index (χ0v) is 14.6. The largest absolute Gasteiger partial charge is 0.425 e. The molecule has 0 heterocycles. The fourth-order valence-corrected chi connectivity index (χ4v) is 1.13. The summed E-state index contributed by atoms with van der Waals surface area (Å²) in [5.41, 5.74) is 0. The summed E-state index contributed by atoms with van der Waals surface area (Å²) in [5, 5.41) is 0. The Morgan fingerprint density at radius 3 is 1.69 bits per heavy atom. The Bertz CT molecular complexity index is 61.9. The molecule has 0 nitrogen and oxygen atoms in total. The molecule has 1 radical (unpaired) electrons. The van der Waals surface area contributed by atoms with E-state index in [4.69, 9.17) is 0 Å². The molecular weight excluding hydrogens is 401 g/mol. The molecule has 0 aliphatic rings. The molecule has 0 aromatic heterocycles. The van der Waals surface area contributed by atoms with Gasteiger partial charge in [-0.05, 0) is 0 Å². The smallest absolute Gasteiger partial charge is 0.197 e. The lowest BCUT2D eigenvalue weighted by Gasteiger charge is -1.97. The van der Waals surface area contributed by atoms with Gasteiger partial charge in [-0.3, -0.25) is 0 Å². The van der Waals surface area contributed by atoms with Gasteiger partial charge in [0.05, 0.1) is 0 Å². The Kier molecular flexibility index (Phi) is 26.1. The predicted octanol–water partition coefficient (Wildman–Crippen LogP) is 5.08. The van der Waals surface area contributed by atoms with Gasteiger partial charge in [0, 0.05) is 0 Å². The van der Waals surface area contributed by atoms with Gasteiger partial charge in [-0.2, -0.15) is 40.5 Å². The molecule has 0 aromatic rings. The van der Waals surface area contributed by atoms with Crippen LogP contribution in [0.5, 0.6) is 0 Å². The summed E-state index contributed by atoms with van der Waals surface area (Å²) in [6.45, 7) is 6.08. The monoisotopic (exact) mass is 423 g/mol. The number of hydrogen-bond acceptors (Lipinski definition) is 0. The van der Waals surface area contributed by atoms with Crippen molar-refractivity contribution in [2.24, 2.45) is 0 Å². The van der Waals surface area contributed by atoms with E-state index in [2.05, 4.69) is 54.4 Å². The number of halogens is 2. The molecule has 0 aliphatic heterocycles. The van der Waals surface area contributed by atoms with E-state index in [-0.39, 0.29) is 0 Å². The first-order valence-corrected chi connectivity index (χ1v) is 15.5. The molecule has 0 saturated heterocycles. The average molecular weight is 423 g/mol. The third-order valence-electron chi connectivity index (χ3n) is 1.85. The van der Waals surface area contributed by atoms with Crippen LogP contribution in [-0.2, 0) is 0 Å². The van der Waals surface area contributed by atoms with Crippen LogP contribution in [0.25, 0.3) is 0 Å². The van der Waals surface area contributed by atoms with Crippen molar-refractivity contribution in [2.75, 3.05) is 0 Å². The average Bonchev–Trinajstić information content (AvgIpc) is 2.13. The minimum atomic E-state index is 0.357. The molecule has 0 atom stereocenters. The minimum Gasteiger partial charge on any atom is -0.197 e. The second-order valence-electron chi connectivity index (χ2n) is 3.08. The number of hydrogen-bond donors (Lipinski definition) is 0. The molecule has 0 saturated carbocycles. The van der Waals surface area contributed by atoms with Crippen LogP contribution in [0.1, 0.15) is 58.3 Å². The van der Waals surface area contributed by atoms with Crippen molar-refractivity contribution in [3.63, 3.8) is 0 Å². The van der Waals surface area contributed by atoms with Crippen molar-refractivity contribution in [3.05, 3.63) is 6.92 Å². The van der Waals surface area contributed by atoms with E-state index in [9.17, 15) is 0 Å². The van der Waals surface area contributed by atoms with Gasteiger partial charge in [-0.25, -0.2) is 0 Å². The Hall–Kier alpha value is 1.99. The van der Waals surface area contributed by atoms with Gasteiger partial charge in [0.15, 0.2) is 0 Å². The third kappa shape index (κ3) is 24.9. The SMILES string of the molecule is [CH2]CCCCCCCCC.[I][AlH][I]. The molecule has 0 bridgehead atoms. The molecular formula is C10H22AlI2. The summed E-state index contributed by atoms with van der Waals surface area (Å²) >= 11 is 4.83. The maximum atomic E-state index is 3.82. The highest BCUT2D eigenvalue weighted by atomic mass is 127. The molecule has 0 unspecified atom stereocenters. The first-order valence-electron chi connectivity index (χ1n) is 5.24. The molecule has 0 aromatic carbocycles. The van der Waals surface area contributed by atoms with Crippen molar-refractivity contribution < 1.29 is 0 Å². The predicted molar refractivity (Wildman–Crippen MR) is 83.2 cm³/mol. The molecule has 13 heavy (non-hydrogen) atoms. The molecule has 0 spiro atoms. The van der Waals surface area contributed by atoms with Crippen molar-refractivity contribution in [2.45, 2.75) is 58.3 Å². The maximum absolute atomic E-state index is 3.82. The zero-order chi connectivity index (χ0) is 10.4. The summed E-state index contributed by atoms with van der Waals surface area (Å²) < 4.78 is 0. The molecule has 0 rings (SSSR count). The number of unbranched alkanes of at least 4 members (excludes halogenated alkanes) is 7. The van der Waals surface area contributed by atoms with Crippen LogP contribution in [0.4, 0.5) is 0 Å². The highest BCUT2D eigenvalue weighted by Gasteiger charge is 1.87. The van der Waals surface area contributed by atoms with Gasteiger partial charge < -0.3 is 0 Å². The van der Waals surface area contributed by atoms with E-state index >= 15 is 0 Å². The normalized spacial score (nSPS) is 8.92. The van der Waals surface area contributed by atoms with E-state index in [0.29, 0.717) is 8.65 Å². The van der Waals surface area contributed by atoms with Crippen LogP contribution in [0.15, 0.2) is 0 Å². The maximum Gasteiger partial charge on any atom is 0.425 e. The Labute approximate surface area is 113 Å². The van der Waals surface area contributed by atoms with Crippen LogP contribution in [0.2, 0.25) is 0 Å². The first kappa shape index (κ1) is 17.4. The second kappa shape index (κ2) is 19.5. The van der Waals surface area contributed by atoms with Gasteiger partial charge in [0.1, 0.15) is 0 Å². The van der Waals surface area contributed by atoms with Gasteiger partial charge in [-0.15, -0.1) is 0 Å². The standard InChI is InChI=1S/C10H21.Al.2HI.H/c1-3-5-7-9-10-8-6-4-2;;;;/h1,3-10H2,2H3;;2*1H;/q;+2;;;/p-2. The lowest BCUT2D eigenvalue weighted by Crippen LogP contribution is -1.77. The number of rotatable bonds is 7. The first-order chi connectivity index (χ1) is 6.33. The Morgan fingerprint density at radius 2 is 1.31 bits per heavy atom. The van der Waals surface area contributed by atoms with E-state index < -0.39 is 0 Å². The molecule has 0 N–H and O–H groups in total. The quantitative estimate of drug-likeness (QED) is 0.304. The fraction of sp³-hybridized carbons (Fsp3) is 0.900. The van der Waals surface area contributed by atoms with Crippen LogP contribution in [0, 0.1) is 6.92 Å². The Morgan fingerprint density at radius 1 is 0.923 bits per heavy atom. The lowest BCUT2D eigenvalue weighted by atomic mass is 10.1. The van der Waals surface area contributed by atoms with Crippen molar-refractivity contribution in [1.82, 2.24) is 0 Å². The lowest BCUT2D eigenvalue weighted by molar-refractivity contribution is 0.592. The van der Waals surface area contributed by atoms with Gasteiger partial charge >= 0.3 is 8.65 Å². The van der Waals surface area contributed by atoms with Gasteiger partial charge in [0.2, 0.25) is 0 Å². The summed E-state index contributed by atoms with van der Waals surface area (Å²) in [4.78, 5) is 0. The van der Waals surface area contributed by atoms with Crippen LogP contribution >= 0.6 is 40.5 Å². The van der Waals surface area contributed by atoms with Crippen LogP contribution < -0.4 is 0 Å². The molecule has 0 aliphatic carbocycles. The van der Waals surface area contributed by atoms with Crippen molar-refractivity contribution in [1.29, 1.82) is 0 Å². The minimum absolute atomic E-state index is 0.357. The molecule has 0 fully saturated rings. The topological polar surface area (TPSA) is 0 Å². The van der Waals surface area contributed by atoms with Crippen molar-refractivity contribution in [3.8, 4) is 0 Å². The summed E-state index contributed by atoms with van der Waals surface area (Å²) in [6, 6.07) is 0. The van der Waals surface area contributed by atoms with E-state index in [1.54, 1.807) is 0 Å².